The number of aromatic nitrogens is 3. The number of hydrogen-bond acceptors (Lipinski definition) is 4. The average molecular weight is 264 g/mol. The number of carbonyl (C=O) groups is 1. The molecule has 6 heteroatoms. The van der Waals surface area contributed by atoms with Gasteiger partial charge in [0, 0.05) is 18.4 Å². The molecular formula is C13H20N4O2. The number of H-pyrrole nitrogens is 1. The predicted molar refractivity (Wildman–Crippen MR) is 68.1 cm³/mol. The molecule has 1 aromatic heterocycles. The first kappa shape index (κ1) is 12.6. The third kappa shape index (κ3) is 1.85. The topological polar surface area (TPSA) is 82.1 Å². The molecule has 3 rings (SSSR count). The maximum absolute atomic E-state index is 12.6. The normalized spacial score (nSPS) is 29.3. The standard InChI is InChI=1S/C13H20N4O2/c1-2-12(4-3-5-12)11(18)17-7-6-13(19,9-17)10-8-14-16-15-10/h8,19H,2-7,9H2,1H3,(H,14,15,16)/t13-/m1/s1. The van der Waals surface area contributed by atoms with Crippen LogP contribution in [0.3, 0.4) is 0 Å². The zero-order valence-electron chi connectivity index (χ0n) is 11.2. The van der Waals surface area contributed by atoms with Gasteiger partial charge in [0.15, 0.2) is 0 Å². The smallest absolute Gasteiger partial charge is 0.228 e. The van der Waals surface area contributed by atoms with Crippen LogP contribution in [0.2, 0.25) is 0 Å². The quantitative estimate of drug-likeness (QED) is 0.846. The van der Waals surface area contributed by atoms with Crippen LogP contribution in [0.25, 0.3) is 0 Å². The van der Waals surface area contributed by atoms with E-state index in [1.165, 1.54) is 6.20 Å². The highest BCUT2D eigenvalue weighted by atomic mass is 16.3. The van der Waals surface area contributed by atoms with Gasteiger partial charge >= 0.3 is 0 Å². The first-order valence-corrected chi connectivity index (χ1v) is 6.98. The van der Waals surface area contributed by atoms with Crippen LogP contribution < -0.4 is 0 Å². The molecule has 1 aromatic rings. The monoisotopic (exact) mass is 264 g/mol. The molecular weight excluding hydrogens is 244 g/mol. The highest BCUT2D eigenvalue weighted by molar-refractivity contribution is 5.84. The number of amides is 1. The van der Waals surface area contributed by atoms with E-state index in [0.29, 0.717) is 25.2 Å². The van der Waals surface area contributed by atoms with Gasteiger partial charge in [-0.15, -0.1) is 0 Å². The van der Waals surface area contributed by atoms with Gasteiger partial charge in [-0.3, -0.25) is 4.79 Å². The van der Waals surface area contributed by atoms with Crippen LogP contribution >= 0.6 is 0 Å². The summed E-state index contributed by atoms with van der Waals surface area (Å²) in [7, 11) is 0. The predicted octanol–water partition coefficient (Wildman–Crippen LogP) is 0.805. The van der Waals surface area contributed by atoms with Crippen LogP contribution in [0.5, 0.6) is 0 Å². The SMILES string of the molecule is CCC1(C(=O)N2CC[C@](O)(c3cn[nH]n3)C2)CCC1. The molecule has 19 heavy (non-hydrogen) atoms. The molecule has 0 aromatic carbocycles. The number of nitrogens with zero attached hydrogens (tertiary/aromatic N) is 3. The summed E-state index contributed by atoms with van der Waals surface area (Å²) in [6, 6.07) is 0. The van der Waals surface area contributed by atoms with Crippen molar-refractivity contribution in [2.24, 2.45) is 5.41 Å². The second-order valence-electron chi connectivity index (χ2n) is 5.85. The van der Waals surface area contributed by atoms with Crippen LogP contribution in [0.4, 0.5) is 0 Å². The maximum Gasteiger partial charge on any atom is 0.228 e. The minimum Gasteiger partial charge on any atom is -0.381 e. The molecule has 2 fully saturated rings. The van der Waals surface area contributed by atoms with E-state index in [-0.39, 0.29) is 11.3 Å². The van der Waals surface area contributed by atoms with E-state index in [2.05, 4.69) is 22.3 Å². The molecule has 2 N–H and O–H groups in total. The van der Waals surface area contributed by atoms with Crippen molar-refractivity contribution in [3.8, 4) is 0 Å². The third-order valence-electron chi connectivity index (χ3n) is 4.87. The Morgan fingerprint density at radius 2 is 2.32 bits per heavy atom. The fourth-order valence-corrected chi connectivity index (χ4v) is 3.26. The van der Waals surface area contributed by atoms with Crippen molar-refractivity contribution in [3.05, 3.63) is 11.9 Å². The summed E-state index contributed by atoms with van der Waals surface area (Å²) in [6.07, 6.45) is 6.08. The minimum absolute atomic E-state index is 0.158. The van der Waals surface area contributed by atoms with Crippen LogP contribution in [0.15, 0.2) is 6.20 Å². The lowest BCUT2D eigenvalue weighted by molar-refractivity contribution is -0.147. The van der Waals surface area contributed by atoms with Crippen molar-refractivity contribution in [2.45, 2.75) is 44.6 Å². The van der Waals surface area contributed by atoms with Gasteiger partial charge in [-0.25, -0.2) is 0 Å². The van der Waals surface area contributed by atoms with Crippen molar-refractivity contribution in [1.82, 2.24) is 20.3 Å². The van der Waals surface area contributed by atoms with E-state index in [1.54, 1.807) is 4.90 Å². The number of carbonyl (C=O) groups excluding carboxylic acids is 1. The number of β-amino-alcohol motifs (C(OH)–C–C–N with tert-alkyl or cyclic N) is 1. The molecule has 1 aliphatic carbocycles. The van der Waals surface area contributed by atoms with Crippen molar-refractivity contribution >= 4 is 5.91 Å². The van der Waals surface area contributed by atoms with Crippen LogP contribution in [-0.2, 0) is 10.4 Å². The molecule has 0 spiro atoms. The summed E-state index contributed by atoms with van der Waals surface area (Å²) in [4.78, 5) is 14.4. The van der Waals surface area contributed by atoms with Gasteiger partial charge in [0.1, 0.15) is 11.3 Å². The molecule has 1 atom stereocenters. The average Bonchev–Trinajstić information content (AvgIpc) is 2.97. The Morgan fingerprint density at radius 1 is 1.53 bits per heavy atom. The van der Waals surface area contributed by atoms with E-state index in [0.717, 1.165) is 25.7 Å². The molecule has 0 radical (unpaired) electrons. The maximum atomic E-state index is 12.6. The van der Waals surface area contributed by atoms with Crippen LogP contribution in [0, 0.1) is 5.41 Å². The lowest BCUT2D eigenvalue weighted by Gasteiger charge is -2.42. The highest BCUT2D eigenvalue weighted by Crippen LogP contribution is 2.46. The molecule has 0 unspecified atom stereocenters. The fourth-order valence-electron chi connectivity index (χ4n) is 3.26. The highest BCUT2D eigenvalue weighted by Gasteiger charge is 2.49. The minimum atomic E-state index is -1.04. The second-order valence-corrected chi connectivity index (χ2v) is 5.85. The Balaban J connectivity index is 1.74. The van der Waals surface area contributed by atoms with E-state index in [1.807, 2.05) is 0 Å². The molecule has 2 aliphatic rings. The number of nitrogens with one attached hydrogen (secondary N) is 1. The van der Waals surface area contributed by atoms with E-state index in [4.69, 9.17) is 0 Å². The molecule has 0 bridgehead atoms. The Kier molecular flexibility index (Phi) is 2.85. The van der Waals surface area contributed by atoms with Crippen molar-refractivity contribution in [2.75, 3.05) is 13.1 Å². The second kappa shape index (κ2) is 4.30. The summed E-state index contributed by atoms with van der Waals surface area (Å²) in [5.74, 6) is 0.209. The van der Waals surface area contributed by atoms with E-state index < -0.39 is 5.60 Å². The zero-order chi connectivity index (χ0) is 13.5. The Labute approximate surface area is 112 Å². The van der Waals surface area contributed by atoms with Gasteiger partial charge in [0.2, 0.25) is 5.91 Å². The molecule has 1 saturated carbocycles. The van der Waals surface area contributed by atoms with E-state index in [9.17, 15) is 9.90 Å². The van der Waals surface area contributed by atoms with Crippen LogP contribution in [-0.4, -0.2) is 44.4 Å². The van der Waals surface area contributed by atoms with Gasteiger partial charge in [-0.1, -0.05) is 13.3 Å². The van der Waals surface area contributed by atoms with Gasteiger partial charge in [-0.2, -0.15) is 15.4 Å². The summed E-state index contributed by atoms with van der Waals surface area (Å²) >= 11 is 0. The number of aliphatic hydroxyl groups is 1. The Hall–Kier alpha value is -1.43. The third-order valence-corrected chi connectivity index (χ3v) is 4.87. The van der Waals surface area contributed by atoms with Gasteiger partial charge in [-0.05, 0) is 19.3 Å². The molecule has 1 amide bonds. The first-order valence-electron chi connectivity index (χ1n) is 6.98. The summed E-state index contributed by atoms with van der Waals surface area (Å²) < 4.78 is 0. The molecule has 1 aliphatic heterocycles. The number of rotatable bonds is 3. The lowest BCUT2D eigenvalue weighted by Crippen LogP contribution is -2.47. The van der Waals surface area contributed by atoms with Gasteiger partial charge in [0.25, 0.3) is 0 Å². The number of hydrogen-bond donors (Lipinski definition) is 2. The van der Waals surface area contributed by atoms with Gasteiger partial charge < -0.3 is 10.0 Å². The summed E-state index contributed by atoms with van der Waals surface area (Å²) in [5.41, 5.74) is -0.668. The van der Waals surface area contributed by atoms with Crippen LogP contribution in [0.1, 0.15) is 44.7 Å². The summed E-state index contributed by atoms with van der Waals surface area (Å²) in [5, 5.41) is 20.8. The summed E-state index contributed by atoms with van der Waals surface area (Å²) in [6.45, 7) is 3.01. The molecule has 104 valence electrons. The van der Waals surface area contributed by atoms with E-state index >= 15 is 0 Å². The molecule has 2 heterocycles. The van der Waals surface area contributed by atoms with Crippen molar-refractivity contribution in [1.29, 1.82) is 0 Å². The first-order chi connectivity index (χ1) is 9.10. The fraction of sp³-hybridized carbons (Fsp3) is 0.769. The zero-order valence-corrected chi connectivity index (χ0v) is 11.2. The Bertz CT molecular complexity index is 463. The number of likely N-dealkylation sites (tertiary alicyclic amines) is 1. The lowest BCUT2D eigenvalue weighted by atomic mass is 9.66. The Morgan fingerprint density at radius 3 is 2.84 bits per heavy atom. The number of aromatic amines is 1. The molecule has 1 saturated heterocycles. The van der Waals surface area contributed by atoms with Crippen molar-refractivity contribution in [3.63, 3.8) is 0 Å². The largest absolute Gasteiger partial charge is 0.381 e. The van der Waals surface area contributed by atoms with Gasteiger partial charge in [0.05, 0.1) is 12.7 Å². The molecule has 6 nitrogen and oxygen atoms in total. The van der Waals surface area contributed by atoms with Crippen molar-refractivity contribution < 1.29 is 9.90 Å².